The molecule has 0 amide bonds. The zero-order valence-electron chi connectivity index (χ0n) is 17.7. The Labute approximate surface area is 178 Å². The molecule has 0 aromatic heterocycles. The van der Waals surface area contributed by atoms with Gasteiger partial charge in [-0.15, -0.1) is 0 Å². The van der Waals surface area contributed by atoms with Gasteiger partial charge in [0.05, 0.1) is 18.4 Å². The van der Waals surface area contributed by atoms with E-state index in [1.54, 1.807) is 12.1 Å². The van der Waals surface area contributed by atoms with Crippen molar-refractivity contribution in [1.29, 1.82) is 0 Å². The van der Waals surface area contributed by atoms with E-state index in [4.69, 9.17) is 9.47 Å². The van der Waals surface area contributed by atoms with Crippen LogP contribution in [0.3, 0.4) is 0 Å². The molecule has 1 aromatic carbocycles. The first-order chi connectivity index (χ1) is 14.4. The molecule has 1 heterocycles. The molecule has 2 atom stereocenters. The lowest BCUT2D eigenvalue weighted by atomic mass is 10.1. The van der Waals surface area contributed by atoms with E-state index in [-0.39, 0.29) is 30.3 Å². The van der Waals surface area contributed by atoms with Gasteiger partial charge in [-0.05, 0) is 57.4 Å². The Morgan fingerprint density at radius 2 is 2.07 bits per heavy atom. The first-order valence-corrected chi connectivity index (χ1v) is 12.1. The van der Waals surface area contributed by atoms with Crippen molar-refractivity contribution in [1.82, 2.24) is 15.4 Å². The van der Waals surface area contributed by atoms with Crippen LogP contribution in [0.2, 0.25) is 0 Å². The SMILES string of the molecule is CCNC(=NCC(C)Oc1ccc(F)cc1)NCCS(=O)(=O)NCC1CCCCO1. The van der Waals surface area contributed by atoms with Crippen LogP contribution in [0.1, 0.15) is 33.1 Å². The molecule has 2 unspecified atom stereocenters. The van der Waals surface area contributed by atoms with Gasteiger partial charge in [0.15, 0.2) is 5.96 Å². The predicted molar refractivity (Wildman–Crippen MR) is 116 cm³/mol. The Hall–Kier alpha value is -1.91. The molecule has 1 saturated heterocycles. The topological polar surface area (TPSA) is 101 Å². The maximum atomic E-state index is 13.0. The molecule has 0 spiro atoms. The highest BCUT2D eigenvalue weighted by atomic mass is 32.2. The van der Waals surface area contributed by atoms with Crippen molar-refractivity contribution in [3.05, 3.63) is 30.1 Å². The highest BCUT2D eigenvalue weighted by Gasteiger charge is 2.17. The van der Waals surface area contributed by atoms with Crippen molar-refractivity contribution >= 4 is 16.0 Å². The van der Waals surface area contributed by atoms with Crippen molar-refractivity contribution in [2.75, 3.05) is 38.5 Å². The standard InChI is InChI=1S/C20H33FN4O4S/c1-3-22-20(24-14-16(2)29-18-9-7-17(21)8-10-18)23-11-13-30(26,27)25-15-19-6-4-5-12-28-19/h7-10,16,19,25H,3-6,11-15H2,1-2H3,(H2,22,23,24). The number of benzene rings is 1. The maximum Gasteiger partial charge on any atom is 0.213 e. The minimum Gasteiger partial charge on any atom is -0.489 e. The van der Waals surface area contributed by atoms with E-state index in [0.29, 0.717) is 38.0 Å². The van der Waals surface area contributed by atoms with Gasteiger partial charge >= 0.3 is 0 Å². The molecule has 0 aliphatic carbocycles. The van der Waals surface area contributed by atoms with Crippen molar-refractivity contribution in [3.8, 4) is 5.75 Å². The number of nitrogens with zero attached hydrogens (tertiary/aromatic N) is 1. The largest absolute Gasteiger partial charge is 0.489 e. The van der Waals surface area contributed by atoms with E-state index in [9.17, 15) is 12.8 Å². The summed E-state index contributed by atoms with van der Waals surface area (Å²) < 4.78 is 51.2. The molecular weight excluding hydrogens is 411 g/mol. The Balaban J connectivity index is 1.74. The monoisotopic (exact) mass is 444 g/mol. The number of aliphatic imine (C=N–C) groups is 1. The molecule has 2 rings (SSSR count). The molecule has 1 aliphatic heterocycles. The maximum absolute atomic E-state index is 13.0. The molecule has 0 radical (unpaired) electrons. The number of rotatable bonds is 11. The second kappa shape index (κ2) is 12.7. The van der Waals surface area contributed by atoms with Gasteiger partial charge in [-0.25, -0.2) is 22.5 Å². The van der Waals surface area contributed by atoms with Crippen LogP contribution in [0.25, 0.3) is 0 Å². The van der Waals surface area contributed by atoms with Crippen LogP contribution in [0.15, 0.2) is 29.3 Å². The molecule has 1 fully saturated rings. The summed E-state index contributed by atoms with van der Waals surface area (Å²) in [5, 5.41) is 6.10. The van der Waals surface area contributed by atoms with Gasteiger partial charge in [0.25, 0.3) is 0 Å². The lowest BCUT2D eigenvalue weighted by Gasteiger charge is -2.22. The molecule has 1 aromatic rings. The molecule has 3 N–H and O–H groups in total. The Kier molecular flexibility index (Phi) is 10.3. The summed E-state index contributed by atoms with van der Waals surface area (Å²) in [5.74, 6) is 0.697. The minimum atomic E-state index is -3.40. The summed E-state index contributed by atoms with van der Waals surface area (Å²) in [7, 11) is -3.40. The second-order valence-corrected chi connectivity index (χ2v) is 9.11. The third kappa shape index (κ3) is 9.73. The molecule has 8 nitrogen and oxygen atoms in total. The van der Waals surface area contributed by atoms with Gasteiger partial charge in [0.2, 0.25) is 10.0 Å². The zero-order chi connectivity index (χ0) is 21.8. The second-order valence-electron chi connectivity index (χ2n) is 7.18. The van der Waals surface area contributed by atoms with Crippen molar-refractivity contribution in [2.24, 2.45) is 4.99 Å². The van der Waals surface area contributed by atoms with Crippen LogP contribution >= 0.6 is 0 Å². The third-order valence-corrected chi connectivity index (χ3v) is 5.82. The molecule has 0 bridgehead atoms. The van der Waals surface area contributed by atoms with Gasteiger partial charge in [0, 0.05) is 26.2 Å². The highest BCUT2D eigenvalue weighted by Crippen LogP contribution is 2.13. The van der Waals surface area contributed by atoms with E-state index < -0.39 is 10.0 Å². The molecule has 1 aliphatic rings. The summed E-state index contributed by atoms with van der Waals surface area (Å²) >= 11 is 0. The fourth-order valence-electron chi connectivity index (χ4n) is 2.91. The fourth-order valence-corrected chi connectivity index (χ4v) is 3.86. The van der Waals surface area contributed by atoms with Crippen LogP contribution in [-0.2, 0) is 14.8 Å². The summed E-state index contributed by atoms with van der Waals surface area (Å²) in [6.45, 7) is 6.02. The van der Waals surface area contributed by atoms with Crippen LogP contribution in [-0.4, -0.2) is 65.1 Å². The predicted octanol–water partition coefficient (Wildman–Crippen LogP) is 1.64. The Morgan fingerprint density at radius 3 is 2.73 bits per heavy atom. The van der Waals surface area contributed by atoms with Crippen molar-refractivity contribution < 1.29 is 22.3 Å². The number of ether oxygens (including phenoxy) is 2. The molecular formula is C20H33FN4O4S. The number of nitrogens with one attached hydrogen (secondary N) is 3. The summed E-state index contributed by atoms with van der Waals surface area (Å²) in [6.07, 6.45) is 2.72. The minimum absolute atomic E-state index is 0.0389. The van der Waals surface area contributed by atoms with Gasteiger partial charge < -0.3 is 20.1 Å². The number of halogens is 1. The van der Waals surface area contributed by atoms with Crippen molar-refractivity contribution in [2.45, 2.75) is 45.3 Å². The fraction of sp³-hybridized carbons (Fsp3) is 0.650. The van der Waals surface area contributed by atoms with Crippen LogP contribution in [0.4, 0.5) is 4.39 Å². The molecule has 170 valence electrons. The lowest BCUT2D eigenvalue weighted by Crippen LogP contribution is -2.43. The Morgan fingerprint density at radius 1 is 1.30 bits per heavy atom. The first-order valence-electron chi connectivity index (χ1n) is 10.4. The van der Waals surface area contributed by atoms with Crippen LogP contribution in [0.5, 0.6) is 5.75 Å². The van der Waals surface area contributed by atoms with E-state index in [0.717, 1.165) is 19.3 Å². The van der Waals surface area contributed by atoms with E-state index in [1.165, 1.54) is 12.1 Å². The Bertz CT molecular complexity index is 753. The summed E-state index contributed by atoms with van der Waals surface area (Å²) in [5.41, 5.74) is 0. The molecule has 0 saturated carbocycles. The molecule has 10 heteroatoms. The lowest BCUT2D eigenvalue weighted by molar-refractivity contribution is 0.0200. The van der Waals surface area contributed by atoms with Gasteiger partial charge in [0.1, 0.15) is 17.7 Å². The smallest absolute Gasteiger partial charge is 0.213 e. The average Bonchev–Trinajstić information content (AvgIpc) is 2.73. The normalized spacial score (nSPS) is 18.6. The van der Waals surface area contributed by atoms with Crippen molar-refractivity contribution in [3.63, 3.8) is 0 Å². The summed E-state index contributed by atoms with van der Waals surface area (Å²) in [6, 6.07) is 5.81. The highest BCUT2D eigenvalue weighted by molar-refractivity contribution is 7.89. The van der Waals surface area contributed by atoms with Gasteiger partial charge in [-0.1, -0.05) is 0 Å². The van der Waals surface area contributed by atoms with Gasteiger partial charge in [-0.2, -0.15) is 0 Å². The average molecular weight is 445 g/mol. The number of sulfonamides is 1. The van der Waals surface area contributed by atoms with Crippen LogP contribution < -0.4 is 20.1 Å². The summed E-state index contributed by atoms with van der Waals surface area (Å²) in [4.78, 5) is 4.43. The van der Waals surface area contributed by atoms with E-state index >= 15 is 0 Å². The third-order valence-electron chi connectivity index (χ3n) is 4.47. The number of hydrogen-bond donors (Lipinski definition) is 3. The number of guanidine groups is 1. The quantitative estimate of drug-likeness (QED) is 0.354. The van der Waals surface area contributed by atoms with Gasteiger partial charge in [-0.3, -0.25) is 0 Å². The number of hydrogen-bond acceptors (Lipinski definition) is 5. The van der Waals surface area contributed by atoms with E-state index in [2.05, 4.69) is 20.3 Å². The first kappa shape index (κ1) is 24.4. The zero-order valence-corrected chi connectivity index (χ0v) is 18.5. The van der Waals surface area contributed by atoms with Crippen LogP contribution in [0, 0.1) is 5.82 Å². The van der Waals surface area contributed by atoms with E-state index in [1.807, 2.05) is 13.8 Å². The molecule has 30 heavy (non-hydrogen) atoms.